The third kappa shape index (κ3) is 0.907. The van der Waals surface area contributed by atoms with Gasteiger partial charge in [0.05, 0.1) is 6.21 Å². The molecular weight excluding hydrogens is 116 g/mol. The lowest BCUT2D eigenvalue weighted by Crippen LogP contribution is -2.33. The third-order valence-electron chi connectivity index (χ3n) is 1.40. The van der Waals surface area contributed by atoms with Gasteiger partial charge in [-0.1, -0.05) is 5.10 Å². The fraction of sp³-hybridized carbons (Fsp3) is 0.333. The van der Waals surface area contributed by atoms with E-state index in [1.807, 2.05) is 6.92 Å². The van der Waals surface area contributed by atoms with Crippen molar-refractivity contribution in [3.63, 3.8) is 0 Å². The van der Waals surface area contributed by atoms with Gasteiger partial charge in [0.1, 0.15) is 12.7 Å². The Morgan fingerprint density at radius 2 is 2.56 bits per heavy atom. The molecule has 1 rings (SSSR count). The molecular formula is C6H9N2O+. The highest BCUT2D eigenvalue weighted by atomic mass is 16.2. The first kappa shape index (κ1) is 6.16. The molecule has 1 amide bonds. The summed E-state index contributed by atoms with van der Waals surface area (Å²) in [6, 6.07) is 0. The van der Waals surface area contributed by atoms with Gasteiger partial charge in [0.2, 0.25) is 0 Å². The van der Waals surface area contributed by atoms with E-state index in [-0.39, 0.29) is 4.59 Å². The average Bonchev–Trinajstić information content (AvgIpc) is 2.36. The molecule has 1 unspecified atom stereocenters. The van der Waals surface area contributed by atoms with Crippen LogP contribution in [-0.2, 0) is 4.79 Å². The molecule has 0 radical (unpaired) electrons. The minimum absolute atomic E-state index is 0.0972. The number of hydrogen-bond donors (Lipinski definition) is 0. The molecule has 9 heavy (non-hydrogen) atoms. The van der Waals surface area contributed by atoms with E-state index in [9.17, 15) is 4.79 Å². The molecule has 0 bridgehead atoms. The summed E-state index contributed by atoms with van der Waals surface area (Å²) in [5.74, 6) is 0. The molecule has 1 aliphatic heterocycles. The fourth-order valence-electron chi connectivity index (χ4n) is 0.713. The largest absolute Gasteiger partial charge is 0.332 e. The smallest absolute Gasteiger partial charge is 0.231 e. The van der Waals surface area contributed by atoms with Gasteiger partial charge in [0.25, 0.3) is 0 Å². The molecule has 0 spiro atoms. The van der Waals surface area contributed by atoms with Crippen molar-refractivity contribution >= 4 is 12.6 Å². The van der Waals surface area contributed by atoms with Crippen molar-refractivity contribution in [3.8, 4) is 0 Å². The highest BCUT2D eigenvalue weighted by molar-refractivity contribution is 5.72. The Hall–Kier alpha value is -0.960. The summed E-state index contributed by atoms with van der Waals surface area (Å²) in [6.45, 7) is 2.61. The normalized spacial score (nSPS) is 31.2. The number of rotatable bonds is 2. The van der Waals surface area contributed by atoms with Crippen molar-refractivity contribution in [1.82, 2.24) is 0 Å². The number of hydrogen-bond acceptors (Lipinski definition) is 2. The first-order valence-electron chi connectivity index (χ1n) is 2.90. The van der Waals surface area contributed by atoms with E-state index in [2.05, 4.69) is 5.10 Å². The Morgan fingerprint density at radius 1 is 1.78 bits per heavy atom. The maximum Gasteiger partial charge on any atom is 0.332 e. The van der Waals surface area contributed by atoms with Gasteiger partial charge in [-0.05, 0) is 6.92 Å². The van der Waals surface area contributed by atoms with E-state index in [0.29, 0.717) is 6.54 Å². The van der Waals surface area contributed by atoms with Crippen molar-refractivity contribution in [1.29, 1.82) is 0 Å². The Labute approximate surface area is 53.9 Å². The summed E-state index contributed by atoms with van der Waals surface area (Å²) in [6.07, 6.45) is 5.99. The maximum absolute atomic E-state index is 10.4. The van der Waals surface area contributed by atoms with Crippen molar-refractivity contribution in [2.24, 2.45) is 5.10 Å². The van der Waals surface area contributed by atoms with Gasteiger partial charge in [-0.3, -0.25) is 0 Å². The predicted octanol–water partition coefficient (Wildman–Crippen LogP) is 0.493. The minimum atomic E-state index is 0.0972. The van der Waals surface area contributed by atoms with E-state index >= 15 is 0 Å². The molecule has 3 heteroatoms. The van der Waals surface area contributed by atoms with Gasteiger partial charge >= 0.3 is 6.41 Å². The molecule has 0 aliphatic carbocycles. The summed E-state index contributed by atoms with van der Waals surface area (Å²) in [5.41, 5.74) is 0. The monoisotopic (exact) mass is 125 g/mol. The van der Waals surface area contributed by atoms with E-state index < -0.39 is 0 Å². The summed E-state index contributed by atoms with van der Waals surface area (Å²) < 4.78 is 0.0972. The van der Waals surface area contributed by atoms with Gasteiger partial charge in [-0.2, -0.15) is 0 Å². The average molecular weight is 125 g/mol. The van der Waals surface area contributed by atoms with Gasteiger partial charge in [0, 0.05) is 6.08 Å². The first-order valence-corrected chi connectivity index (χ1v) is 2.90. The summed E-state index contributed by atoms with van der Waals surface area (Å²) in [4.78, 5) is 10.4. The van der Waals surface area contributed by atoms with Crippen molar-refractivity contribution in [3.05, 3.63) is 12.3 Å². The first-order chi connectivity index (χ1) is 4.33. The molecule has 0 N–H and O–H groups in total. The van der Waals surface area contributed by atoms with E-state index in [4.69, 9.17) is 0 Å². The van der Waals surface area contributed by atoms with Gasteiger partial charge in [-0.15, -0.1) is 4.59 Å². The topological polar surface area (TPSA) is 29.4 Å². The minimum Gasteiger partial charge on any atom is -0.231 e. The molecule has 48 valence electrons. The lowest BCUT2D eigenvalue weighted by molar-refractivity contribution is -0.795. The Bertz CT molecular complexity index is 160. The van der Waals surface area contributed by atoms with Crippen molar-refractivity contribution in [2.45, 2.75) is 6.92 Å². The third-order valence-corrected chi connectivity index (χ3v) is 1.40. The molecule has 0 saturated heterocycles. The predicted molar refractivity (Wildman–Crippen MR) is 34.5 cm³/mol. The zero-order valence-corrected chi connectivity index (χ0v) is 5.32. The van der Waals surface area contributed by atoms with Crippen LogP contribution in [0.25, 0.3) is 0 Å². The standard InChI is InChI=1S/C6H9N2O/c1-2-8(6-9)5-3-4-7-8/h3-6H,2H2,1H3/q+1. The lowest BCUT2D eigenvalue weighted by Gasteiger charge is -2.13. The Balaban J connectivity index is 2.81. The van der Waals surface area contributed by atoms with Crippen molar-refractivity contribution in [2.75, 3.05) is 6.54 Å². The van der Waals surface area contributed by atoms with Crippen LogP contribution in [0.4, 0.5) is 0 Å². The zero-order valence-electron chi connectivity index (χ0n) is 5.32. The second-order valence-electron chi connectivity index (χ2n) is 1.91. The maximum atomic E-state index is 10.4. The summed E-state index contributed by atoms with van der Waals surface area (Å²) >= 11 is 0. The molecule has 1 atom stereocenters. The van der Waals surface area contributed by atoms with Crippen LogP contribution in [0.15, 0.2) is 17.4 Å². The van der Waals surface area contributed by atoms with Crippen LogP contribution >= 0.6 is 0 Å². The number of allylic oxidation sites excluding steroid dienone is 1. The molecule has 3 nitrogen and oxygen atoms in total. The second-order valence-corrected chi connectivity index (χ2v) is 1.91. The van der Waals surface area contributed by atoms with Crippen LogP contribution in [0.5, 0.6) is 0 Å². The van der Waals surface area contributed by atoms with Crippen molar-refractivity contribution < 1.29 is 9.39 Å². The van der Waals surface area contributed by atoms with E-state index in [1.54, 1.807) is 18.5 Å². The molecule has 0 fully saturated rings. The number of nitrogens with zero attached hydrogens (tertiary/aromatic N) is 2. The quantitative estimate of drug-likeness (QED) is 0.390. The fourth-order valence-corrected chi connectivity index (χ4v) is 0.713. The summed E-state index contributed by atoms with van der Waals surface area (Å²) in [5, 5.41) is 3.94. The van der Waals surface area contributed by atoms with Gasteiger partial charge < -0.3 is 0 Å². The zero-order chi connectivity index (χ0) is 6.74. The van der Waals surface area contributed by atoms with Gasteiger partial charge in [-0.25, -0.2) is 4.79 Å². The molecule has 0 saturated carbocycles. The number of quaternary nitrogens is 1. The molecule has 0 aromatic heterocycles. The second kappa shape index (κ2) is 2.11. The Morgan fingerprint density at radius 3 is 2.78 bits per heavy atom. The van der Waals surface area contributed by atoms with E-state index in [0.717, 1.165) is 6.41 Å². The number of carbonyl (C=O) groups excluding carboxylic acids is 1. The van der Waals surface area contributed by atoms with Crippen LogP contribution in [0.3, 0.4) is 0 Å². The number of carbonyl (C=O) groups is 1. The highest BCUT2D eigenvalue weighted by Gasteiger charge is 2.22. The van der Waals surface area contributed by atoms with E-state index in [1.165, 1.54) is 0 Å². The SMILES string of the molecule is CC[N+]1(C=O)C=CC=N1. The number of amides is 1. The van der Waals surface area contributed by atoms with Crippen LogP contribution < -0.4 is 0 Å². The van der Waals surface area contributed by atoms with Crippen LogP contribution in [-0.4, -0.2) is 23.8 Å². The van der Waals surface area contributed by atoms with Crippen LogP contribution in [0.1, 0.15) is 6.92 Å². The lowest BCUT2D eigenvalue weighted by atomic mass is 10.6. The highest BCUT2D eigenvalue weighted by Crippen LogP contribution is 2.08. The molecule has 0 aromatic rings. The van der Waals surface area contributed by atoms with Gasteiger partial charge in [0.15, 0.2) is 0 Å². The molecule has 1 aliphatic rings. The molecule has 0 aromatic carbocycles. The molecule has 1 heterocycles. The Kier molecular flexibility index (Phi) is 1.44. The summed E-state index contributed by atoms with van der Waals surface area (Å²) in [7, 11) is 0. The van der Waals surface area contributed by atoms with Crippen LogP contribution in [0, 0.1) is 0 Å². The van der Waals surface area contributed by atoms with Crippen LogP contribution in [0.2, 0.25) is 0 Å².